The summed E-state index contributed by atoms with van der Waals surface area (Å²) in [7, 11) is 0. The van der Waals surface area contributed by atoms with E-state index in [-0.39, 0.29) is 0 Å². The van der Waals surface area contributed by atoms with E-state index in [0.29, 0.717) is 0 Å². The maximum Gasteiger partial charge on any atom is 0.0372 e. The van der Waals surface area contributed by atoms with Crippen molar-refractivity contribution in [3.8, 4) is 11.1 Å². The molecule has 0 radical (unpaired) electrons. The predicted molar refractivity (Wildman–Crippen MR) is 108 cm³/mol. The van der Waals surface area contributed by atoms with Crippen molar-refractivity contribution in [2.75, 3.05) is 36.0 Å². The van der Waals surface area contributed by atoms with Crippen LogP contribution in [0.3, 0.4) is 0 Å². The lowest BCUT2D eigenvalue weighted by molar-refractivity contribution is 0.865. The molecular weight excluding hydrogens is 292 g/mol. The third-order valence-electron chi connectivity index (χ3n) is 4.98. The Hall–Kier alpha value is -1.96. The van der Waals surface area contributed by atoms with Gasteiger partial charge in [-0.15, -0.1) is 0 Å². The summed E-state index contributed by atoms with van der Waals surface area (Å²) in [6.45, 7) is 17.5. The van der Waals surface area contributed by atoms with Gasteiger partial charge in [0.2, 0.25) is 0 Å². The smallest absolute Gasteiger partial charge is 0.0372 e. The molecule has 2 aromatic rings. The average Bonchev–Trinajstić information content (AvgIpc) is 2.59. The van der Waals surface area contributed by atoms with Crippen LogP contribution in [0.15, 0.2) is 36.4 Å². The number of aryl methyl sites for hydroxylation is 2. The SMILES string of the molecule is CCN(CC)c1ccc(-c2cc(N(CC)CC)ccc2C)c(C)c1. The summed E-state index contributed by atoms with van der Waals surface area (Å²) < 4.78 is 0. The van der Waals surface area contributed by atoms with Gasteiger partial charge in [-0.3, -0.25) is 0 Å². The second kappa shape index (κ2) is 8.23. The van der Waals surface area contributed by atoms with Crippen molar-refractivity contribution in [2.45, 2.75) is 41.5 Å². The van der Waals surface area contributed by atoms with Gasteiger partial charge in [0.15, 0.2) is 0 Å². The number of benzene rings is 2. The third kappa shape index (κ3) is 3.75. The van der Waals surface area contributed by atoms with Gasteiger partial charge in [-0.05, 0) is 88.1 Å². The van der Waals surface area contributed by atoms with E-state index in [1.165, 1.54) is 33.6 Å². The van der Waals surface area contributed by atoms with E-state index in [2.05, 4.69) is 87.7 Å². The first kappa shape index (κ1) is 18.4. The number of rotatable bonds is 7. The lowest BCUT2D eigenvalue weighted by atomic mass is 9.95. The highest BCUT2D eigenvalue weighted by atomic mass is 15.1. The van der Waals surface area contributed by atoms with Crippen LogP contribution < -0.4 is 9.80 Å². The highest BCUT2D eigenvalue weighted by Crippen LogP contribution is 2.32. The number of nitrogens with zero attached hydrogens (tertiary/aromatic N) is 2. The molecule has 0 atom stereocenters. The molecule has 0 N–H and O–H groups in total. The Balaban J connectivity index is 2.46. The molecule has 0 aliphatic rings. The molecule has 0 unspecified atom stereocenters. The Kier molecular flexibility index (Phi) is 6.30. The summed E-state index contributed by atoms with van der Waals surface area (Å²) in [6, 6.07) is 13.7. The van der Waals surface area contributed by atoms with Crippen LogP contribution in [0.2, 0.25) is 0 Å². The Morgan fingerprint density at radius 3 is 1.58 bits per heavy atom. The number of hydrogen-bond donors (Lipinski definition) is 0. The minimum atomic E-state index is 1.04. The molecule has 130 valence electrons. The molecule has 0 aromatic heterocycles. The predicted octanol–water partition coefficient (Wildman–Crippen LogP) is 5.66. The van der Waals surface area contributed by atoms with Crippen LogP contribution in [0.5, 0.6) is 0 Å². The molecule has 0 aliphatic carbocycles. The molecule has 24 heavy (non-hydrogen) atoms. The van der Waals surface area contributed by atoms with Crippen molar-refractivity contribution in [1.82, 2.24) is 0 Å². The average molecular weight is 325 g/mol. The zero-order chi connectivity index (χ0) is 17.7. The second-order valence-corrected chi connectivity index (χ2v) is 6.34. The quantitative estimate of drug-likeness (QED) is 0.648. The monoisotopic (exact) mass is 324 g/mol. The summed E-state index contributed by atoms with van der Waals surface area (Å²) in [5, 5.41) is 0. The van der Waals surface area contributed by atoms with Gasteiger partial charge in [0.25, 0.3) is 0 Å². The second-order valence-electron chi connectivity index (χ2n) is 6.34. The fraction of sp³-hybridized carbons (Fsp3) is 0.455. The maximum absolute atomic E-state index is 2.41. The molecule has 2 rings (SSSR count). The Labute approximate surface area is 148 Å². The van der Waals surface area contributed by atoms with Crippen molar-refractivity contribution < 1.29 is 0 Å². The first-order valence-electron chi connectivity index (χ1n) is 9.27. The van der Waals surface area contributed by atoms with Crippen LogP contribution >= 0.6 is 0 Å². The van der Waals surface area contributed by atoms with Crippen LogP contribution in [0.25, 0.3) is 11.1 Å². The lowest BCUT2D eigenvalue weighted by Gasteiger charge is -2.24. The topological polar surface area (TPSA) is 6.48 Å². The van der Waals surface area contributed by atoms with Crippen LogP contribution in [0.1, 0.15) is 38.8 Å². The van der Waals surface area contributed by atoms with E-state index in [1.54, 1.807) is 0 Å². The maximum atomic E-state index is 2.41. The van der Waals surface area contributed by atoms with Crippen molar-refractivity contribution in [3.05, 3.63) is 47.5 Å². The zero-order valence-electron chi connectivity index (χ0n) is 16.2. The molecule has 2 heteroatoms. The molecule has 0 aliphatic heterocycles. The molecule has 0 amide bonds. The van der Waals surface area contributed by atoms with E-state index in [4.69, 9.17) is 0 Å². The first-order chi connectivity index (χ1) is 11.5. The largest absolute Gasteiger partial charge is 0.372 e. The minimum Gasteiger partial charge on any atom is -0.372 e. The molecule has 0 saturated heterocycles. The molecule has 2 aromatic carbocycles. The Bertz CT molecular complexity index is 668. The van der Waals surface area contributed by atoms with Gasteiger partial charge in [-0.25, -0.2) is 0 Å². The molecular formula is C22H32N2. The van der Waals surface area contributed by atoms with Crippen molar-refractivity contribution in [3.63, 3.8) is 0 Å². The standard InChI is InChI=1S/C22H32N2/c1-7-23(8-2)19-13-14-21(18(6)15-19)22-16-20(12-11-17(22)5)24(9-3)10-4/h11-16H,7-10H2,1-6H3. The van der Waals surface area contributed by atoms with Crippen LogP contribution in [-0.2, 0) is 0 Å². The van der Waals surface area contributed by atoms with Gasteiger partial charge >= 0.3 is 0 Å². The van der Waals surface area contributed by atoms with Crippen LogP contribution in [0, 0.1) is 13.8 Å². The summed E-state index contributed by atoms with van der Waals surface area (Å²) in [5.41, 5.74) is 8.01. The van der Waals surface area contributed by atoms with E-state index in [1.807, 2.05) is 0 Å². The van der Waals surface area contributed by atoms with E-state index < -0.39 is 0 Å². The summed E-state index contributed by atoms with van der Waals surface area (Å²) in [5.74, 6) is 0. The fourth-order valence-corrected chi connectivity index (χ4v) is 3.42. The van der Waals surface area contributed by atoms with E-state index in [0.717, 1.165) is 26.2 Å². The normalized spacial score (nSPS) is 10.8. The van der Waals surface area contributed by atoms with Gasteiger partial charge in [0.05, 0.1) is 0 Å². The minimum absolute atomic E-state index is 1.04. The van der Waals surface area contributed by atoms with E-state index >= 15 is 0 Å². The summed E-state index contributed by atoms with van der Waals surface area (Å²) in [4.78, 5) is 4.80. The summed E-state index contributed by atoms with van der Waals surface area (Å²) in [6.07, 6.45) is 0. The fourth-order valence-electron chi connectivity index (χ4n) is 3.42. The number of hydrogen-bond acceptors (Lipinski definition) is 2. The molecule has 2 nitrogen and oxygen atoms in total. The van der Waals surface area contributed by atoms with Gasteiger partial charge in [0.1, 0.15) is 0 Å². The van der Waals surface area contributed by atoms with Gasteiger partial charge in [-0.2, -0.15) is 0 Å². The van der Waals surface area contributed by atoms with Gasteiger partial charge in [-0.1, -0.05) is 12.1 Å². The molecule has 0 spiro atoms. The highest BCUT2D eigenvalue weighted by molar-refractivity contribution is 5.76. The van der Waals surface area contributed by atoms with Gasteiger partial charge in [0, 0.05) is 37.6 Å². The van der Waals surface area contributed by atoms with Crippen LogP contribution in [0.4, 0.5) is 11.4 Å². The Morgan fingerprint density at radius 2 is 1.08 bits per heavy atom. The van der Waals surface area contributed by atoms with Crippen LogP contribution in [-0.4, -0.2) is 26.2 Å². The van der Waals surface area contributed by atoms with E-state index in [9.17, 15) is 0 Å². The molecule has 0 fully saturated rings. The highest BCUT2D eigenvalue weighted by Gasteiger charge is 2.11. The Morgan fingerprint density at radius 1 is 0.583 bits per heavy atom. The third-order valence-corrected chi connectivity index (χ3v) is 4.98. The van der Waals surface area contributed by atoms with Crippen molar-refractivity contribution in [1.29, 1.82) is 0 Å². The lowest BCUT2D eigenvalue weighted by Crippen LogP contribution is -2.22. The zero-order valence-corrected chi connectivity index (χ0v) is 16.2. The summed E-state index contributed by atoms with van der Waals surface area (Å²) >= 11 is 0. The van der Waals surface area contributed by atoms with Crippen molar-refractivity contribution >= 4 is 11.4 Å². The molecule has 0 bridgehead atoms. The van der Waals surface area contributed by atoms with Crippen molar-refractivity contribution in [2.24, 2.45) is 0 Å². The number of anilines is 2. The molecule has 0 saturated carbocycles. The van der Waals surface area contributed by atoms with Gasteiger partial charge < -0.3 is 9.80 Å². The molecule has 0 heterocycles. The first-order valence-corrected chi connectivity index (χ1v) is 9.27.